The highest BCUT2D eigenvalue weighted by atomic mass is 16.7. The molecular formula is C19H16N2O. The monoisotopic (exact) mass is 288 g/mol. The SMILES string of the molecule is C1=C(c2ccccc2)ON2CCc3c([nH]c4ccccc34)C12. The average Bonchev–Trinajstić information content (AvgIpc) is 3.16. The van der Waals surface area contributed by atoms with Gasteiger partial charge in [-0.15, -0.1) is 5.06 Å². The number of benzene rings is 2. The summed E-state index contributed by atoms with van der Waals surface area (Å²) in [4.78, 5) is 9.67. The number of para-hydroxylation sites is 1. The fourth-order valence-electron chi connectivity index (χ4n) is 3.57. The molecule has 5 rings (SSSR count). The Labute approximate surface area is 128 Å². The Morgan fingerprint density at radius 3 is 2.73 bits per heavy atom. The fourth-order valence-corrected chi connectivity index (χ4v) is 3.57. The summed E-state index contributed by atoms with van der Waals surface area (Å²) < 4.78 is 0. The van der Waals surface area contributed by atoms with Crippen LogP contribution in [0, 0.1) is 0 Å². The Morgan fingerprint density at radius 2 is 1.82 bits per heavy atom. The Hall–Kier alpha value is -2.52. The first-order valence-electron chi connectivity index (χ1n) is 7.71. The lowest BCUT2D eigenvalue weighted by atomic mass is 9.98. The second-order valence-corrected chi connectivity index (χ2v) is 5.89. The topological polar surface area (TPSA) is 28.3 Å². The molecule has 1 N–H and O–H groups in total. The lowest BCUT2D eigenvalue weighted by Gasteiger charge is -2.27. The summed E-state index contributed by atoms with van der Waals surface area (Å²) in [5, 5.41) is 3.43. The lowest BCUT2D eigenvalue weighted by Crippen LogP contribution is -2.30. The number of rotatable bonds is 1. The first kappa shape index (κ1) is 12.1. The number of hydroxylamine groups is 2. The van der Waals surface area contributed by atoms with Crippen LogP contribution in [-0.2, 0) is 11.3 Å². The molecule has 2 aromatic carbocycles. The second kappa shape index (κ2) is 4.49. The summed E-state index contributed by atoms with van der Waals surface area (Å²) in [6.07, 6.45) is 3.24. The van der Waals surface area contributed by atoms with Gasteiger partial charge in [0, 0.05) is 28.7 Å². The first-order valence-corrected chi connectivity index (χ1v) is 7.71. The van der Waals surface area contributed by atoms with Crippen LogP contribution in [0.25, 0.3) is 16.7 Å². The molecule has 0 saturated carbocycles. The summed E-state index contributed by atoms with van der Waals surface area (Å²) >= 11 is 0. The molecule has 0 bridgehead atoms. The second-order valence-electron chi connectivity index (χ2n) is 5.89. The van der Waals surface area contributed by atoms with E-state index in [0.717, 1.165) is 24.3 Å². The number of nitrogens with zero attached hydrogens (tertiary/aromatic N) is 1. The number of H-pyrrole nitrogens is 1. The van der Waals surface area contributed by atoms with E-state index >= 15 is 0 Å². The maximum atomic E-state index is 6.08. The normalized spacial score (nSPS) is 20.4. The minimum Gasteiger partial charge on any atom is -0.405 e. The van der Waals surface area contributed by atoms with Gasteiger partial charge >= 0.3 is 0 Å². The first-order chi connectivity index (χ1) is 10.9. The summed E-state index contributed by atoms with van der Waals surface area (Å²) in [5.74, 6) is 0.956. The Kier molecular flexibility index (Phi) is 2.46. The minimum absolute atomic E-state index is 0.186. The fraction of sp³-hybridized carbons (Fsp3) is 0.158. The van der Waals surface area contributed by atoms with Crippen LogP contribution < -0.4 is 0 Å². The van der Waals surface area contributed by atoms with Gasteiger partial charge in [0.2, 0.25) is 0 Å². The molecule has 3 heterocycles. The van der Waals surface area contributed by atoms with Crippen molar-refractivity contribution < 1.29 is 4.84 Å². The summed E-state index contributed by atoms with van der Waals surface area (Å²) in [6, 6.07) is 19.0. The molecule has 1 atom stereocenters. The van der Waals surface area contributed by atoms with Crippen LogP contribution in [0.4, 0.5) is 0 Å². The quantitative estimate of drug-likeness (QED) is 0.731. The van der Waals surface area contributed by atoms with Crippen molar-refractivity contribution >= 4 is 16.7 Å². The van der Waals surface area contributed by atoms with Crippen LogP contribution in [0.3, 0.4) is 0 Å². The van der Waals surface area contributed by atoms with Gasteiger partial charge in [-0.05, 0) is 24.1 Å². The van der Waals surface area contributed by atoms with Crippen molar-refractivity contribution in [2.75, 3.05) is 6.54 Å². The zero-order valence-electron chi connectivity index (χ0n) is 12.1. The number of hydrogen-bond donors (Lipinski definition) is 1. The van der Waals surface area contributed by atoms with Crippen molar-refractivity contribution in [3.05, 3.63) is 77.5 Å². The van der Waals surface area contributed by atoms with Gasteiger partial charge in [0.1, 0.15) is 6.04 Å². The predicted molar refractivity (Wildman–Crippen MR) is 87.0 cm³/mol. The molecule has 108 valence electrons. The zero-order chi connectivity index (χ0) is 14.5. The maximum absolute atomic E-state index is 6.08. The predicted octanol–water partition coefficient (Wildman–Crippen LogP) is 4.05. The number of nitrogens with one attached hydrogen (secondary N) is 1. The van der Waals surface area contributed by atoms with Gasteiger partial charge in [0.25, 0.3) is 0 Å². The van der Waals surface area contributed by atoms with Crippen molar-refractivity contribution in [2.24, 2.45) is 0 Å². The minimum atomic E-state index is 0.186. The van der Waals surface area contributed by atoms with E-state index in [1.165, 1.54) is 22.2 Å². The largest absolute Gasteiger partial charge is 0.405 e. The third-order valence-electron chi connectivity index (χ3n) is 4.62. The van der Waals surface area contributed by atoms with Crippen LogP contribution in [0.15, 0.2) is 60.7 Å². The highest BCUT2D eigenvalue weighted by molar-refractivity contribution is 5.85. The zero-order valence-corrected chi connectivity index (χ0v) is 12.1. The van der Waals surface area contributed by atoms with Crippen LogP contribution in [0.2, 0.25) is 0 Å². The van der Waals surface area contributed by atoms with E-state index in [2.05, 4.69) is 52.5 Å². The average molecular weight is 288 g/mol. The number of fused-ring (bicyclic) bond motifs is 5. The standard InChI is InChI=1S/C19H16N2O/c1-2-6-13(7-3-1)18-12-17-19-15(10-11-21(17)22-18)14-8-4-5-9-16(14)20-19/h1-9,12,17,20H,10-11H2. The molecule has 3 heteroatoms. The van der Waals surface area contributed by atoms with Gasteiger partial charge in [0.15, 0.2) is 5.76 Å². The molecular weight excluding hydrogens is 272 g/mol. The Morgan fingerprint density at radius 1 is 1.00 bits per heavy atom. The number of aromatic nitrogens is 1. The third-order valence-corrected chi connectivity index (χ3v) is 4.62. The molecule has 1 unspecified atom stereocenters. The van der Waals surface area contributed by atoms with E-state index in [9.17, 15) is 0 Å². The molecule has 0 saturated heterocycles. The maximum Gasteiger partial charge on any atom is 0.152 e. The molecule has 0 fully saturated rings. The van der Waals surface area contributed by atoms with Crippen molar-refractivity contribution in [1.82, 2.24) is 10.0 Å². The Balaban J connectivity index is 1.63. The van der Waals surface area contributed by atoms with Gasteiger partial charge in [-0.2, -0.15) is 0 Å². The van der Waals surface area contributed by atoms with Crippen LogP contribution >= 0.6 is 0 Å². The van der Waals surface area contributed by atoms with E-state index in [-0.39, 0.29) is 6.04 Å². The molecule has 0 radical (unpaired) electrons. The molecule has 0 spiro atoms. The number of aromatic amines is 1. The summed E-state index contributed by atoms with van der Waals surface area (Å²) in [5.41, 5.74) is 5.06. The van der Waals surface area contributed by atoms with Crippen molar-refractivity contribution in [1.29, 1.82) is 0 Å². The van der Waals surface area contributed by atoms with Gasteiger partial charge in [-0.1, -0.05) is 48.5 Å². The van der Waals surface area contributed by atoms with Crippen molar-refractivity contribution in [3.8, 4) is 0 Å². The van der Waals surface area contributed by atoms with E-state index < -0.39 is 0 Å². The highest BCUT2D eigenvalue weighted by Crippen LogP contribution is 2.41. The van der Waals surface area contributed by atoms with Crippen molar-refractivity contribution in [3.63, 3.8) is 0 Å². The number of hydrogen-bond acceptors (Lipinski definition) is 2. The van der Waals surface area contributed by atoms with E-state index in [1.54, 1.807) is 0 Å². The summed E-state index contributed by atoms with van der Waals surface area (Å²) in [6.45, 7) is 0.923. The highest BCUT2D eigenvalue weighted by Gasteiger charge is 2.35. The van der Waals surface area contributed by atoms with Crippen LogP contribution in [0.5, 0.6) is 0 Å². The van der Waals surface area contributed by atoms with E-state index in [4.69, 9.17) is 4.84 Å². The molecule has 0 amide bonds. The van der Waals surface area contributed by atoms with Crippen LogP contribution in [-0.4, -0.2) is 16.6 Å². The van der Waals surface area contributed by atoms with Gasteiger partial charge in [-0.25, -0.2) is 0 Å². The van der Waals surface area contributed by atoms with Gasteiger partial charge < -0.3 is 9.82 Å². The third kappa shape index (κ3) is 1.66. The van der Waals surface area contributed by atoms with E-state index in [0.29, 0.717) is 0 Å². The smallest absolute Gasteiger partial charge is 0.152 e. The Bertz CT molecular complexity index is 879. The molecule has 2 aliphatic heterocycles. The lowest BCUT2D eigenvalue weighted by molar-refractivity contribution is -0.0969. The molecule has 22 heavy (non-hydrogen) atoms. The van der Waals surface area contributed by atoms with Crippen LogP contribution in [0.1, 0.15) is 22.9 Å². The molecule has 0 aliphatic carbocycles. The van der Waals surface area contributed by atoms with Gasteiger partial charge in [0.05, 0.1) is 0 Å². The molecule has 3 aromatic rings. The molecule has 1 aromatic heterocycles. The summed E-state index contributed by atoms with van der Waals surface area (Å²) in [7, 11) is 0. The van der Waals surface area contributed by atoms with Crippen molar-refractivity contribution in [2.45, 2.75) is 12.5 Å². The van der Waals surface area contributed by atoms with Gasteiger partial charge in [-0.3, -0.25) is 0 Å². The molecule has 3 nitrogen and oxygen atoms in total. The molecule has 2 aliphatic rings. The van der Waals surface area contributed by atoms with E-state index in [1.807, 2.05) is 18.2 Å².